The van der Waals surface area contributed by atoms with E-state index in [2.05, 4.69) is 6.07 Å². The van der Waals surface area contributed by atoms with E-state index in [1.165, 1.54) is 0 Å². The molecule has 2 nitrogen and oxygen atoms in total. The first-order valence-corrected chi connectivity index (χ1v) is 6.23. The number of carbonyl (C=O) groups is 1. The van der Waals surface area contributed by atoms with Gasteiger partial charge >= 0.3 is 0 Å². The van der Waals surface area contributed by atoms with Crippen LogP contribution in [0.5, 0.6) is 0 Å². The van der Waals surface area contributed by atoms with E-state index in [0.29, 0.717) is 0 Å². The van der Waals surface area contributed by atoms with E-state index in [1.54, 1.807) is 0 Å². The highest BCUT2D eigenvalue weighted by Crippen LogP contribution is 2.31. The summed E-state index contributed by atoms with van der Waals surface area (Å²) in [5.74, 6) is -0.335. The molecule has 0 heterocycles. The Morgan fingerprint density at radius 1 is 1.35 bits per heavy atom. The Balaban J connectivity index is 2.25. The van der Waals surface area contributed by atoms with Crippen molar-refractivity contribution in [1.29, 1.82) is 5.26 Å². The molecule has 1 saturated carbocycles. The maximum absolute atomic E-state index is 12.3. The summed E-state index contributed by atoms with van der Waals surface area (Å²) < 4.78 is 0. The van der Waals surface area contributed by atoms with E-state index in [1.807, 2.05) is 31.2 Å². The summed E-state index contributed by atoms with van der Waals surface area (Å²) in [6.07, 6.45) is 4.18. The van der Waals surface area contributed by atoms with Gasteiger partial charge in [0.05, 0.1) is 6.07 Å². The summed E-state index contributed by atoms with van der Waals surface area (Å²) >= 11 is 0. The minimum Gasteiger partial charge on any atom is -0.298 e. The van der Waals surface area contributed by atoms with Crippen molar-refractivity contribution in [2.45, 2.75) is 38.5 Å². The number of ketones is 1. The quantitative estimate of drug-likeness (QED) is 0.794. The smallest absolute Gasteiger partial charge is 0.157 e. The topological polar surface area (TPSA) is 40.9 Å². The molecule has 0 saturated heterocycles. The third-order valence-electron chi connectivity index (χ3n) is 3.67. The number of nitriles is 1. The summed E-state index contributed by atoms with van der Waals surface area (Å²) in [5, 5.41) is 9.26. The van der Waals surface area contributed by atoms with Gasteiger partial charge in [-0.15, -0.1) is 0 Å². The van der Waals surface area contributed by atoms with Crippen LogP contribution >= 0.6 is 0 Å². The van der Waals surface area contributed by atoms with E-state index >= 15 is 0 Å². The van der Waals surface area contributed by atoms with Gasteiger partial charge in [0.15, 0.2) is 5.78 Å². The van der Waals surface area contributed by atoms with Crippen molar-refractivity contribution in [3.63, 3.8) is 0 Å². The van der Waals surface area contributed by atoms with Crippen molar-refractivity contribution in [3.8, 4) is 6.07 Å². The summed E-state index contributed by atoms with van der Waals surface area (Å²) in [7, 11) is 0. The number of hydrogen-bond acceptors (Lipinski definition) is 2. The zero-order chi connectivity index (χ0) is 12.3. The minimum absolute atomic E-state index is 0.110. The fourth-order valence-corrected chi connectivity index (χ4v) is 2.64. The van der Waals surface area contributed by atoms with Crippen molar-refractivity contribution < 1.29 is 4.79 Å². The molecule has 1 fully saturated rings. The van der Waals surface area contributed by atoms with Crippen LogP contribution in [0.15, 0.2) is 24.3 Å². The van der Waals surface area contributed by atoms with E-state index in [0.717, 1.165) is 36.8 Å². The number of hydrogen-bond donors (Lipinski definition) is 0. The molecule has 0 spiro atoms. The highest BCUT2D eigenvalue weighted by molar-refractivity contribution is 5.90. The molecule has 1 unspecified atom stereocenters. The predicted molar refractivity (Wildman–Crippen MR) is 66.5 cm³/mol. The number of carbonyl (C=O) groups excluding carboxylic acids is 1. The highest BCUT2D eigenvalue weighted by Gasteiger charge is 2.30. The van der Waals surface area contributed by atoms with Crippen LogP contribution in [0, 0.1) is 24.2 Å². The average Bonchev–Trinajstić information content (AvgIpc) is 2.86. The van der Waals surface area contributed by atoms with Crippen molar-refractivity contribution in [2.75, 3.05) is 0 Å². The van der Waals surface area contributed by atoms with Crippen LogP contribution in [0.4, 0.5) is 0 Å². The Kier molecular flexibility index (Phi) is 3.58. The average molecular weight is 227 g/mol. The van der Waals surface area contributed by atoms with Gasteiger partial charge in [0, 0.05) is 5.92 Å². The lowest BCUT2D eigenvalue weighted by atomic mass is 9.85. The van der Waals surface area contributed by atoms with Gasteiger partial charge in [-0.2, -0.15) is 5.26 Å². The Morgan fingerprint density at radius 2 is 2.00 bits per heavy atom. The molecule has 1 aliphatic rings. The zero-order valence-corrected chi connectivity index (χ0v) is 10.1. The Labute approximate surface area is 102 Å². The number of benzene rings is 1. The van der Waals surface area contributed by atoms with E-state index < -0.39 is 5.92 Å². The van der Waals surface area contributed by atoms with Gasteiger partial charge in [-0.25, -0.2) is 0 Å². The molecule has 1 aromatic carbocycles. The molecule has 1 atom stereocenters. The van der Waals surface area contributed by atoms with Gasteiger partial charge in [0.1, 0.15) is 5.92 Å². The molecule has 1 aliphatic carbocycles. The van der Waals surface area contributed by atoms with Crippen molar-refractivity contribution in [1.82, 2.24) is 0 Å². The van der Waals surface area contributed by atoms with Crippen LogP contribution in [0.25, 0.3) is 0 Å². The van der Waals surface area contributed by atoms with Gasteiger partial charge in [-0.3, -0.25) is 4.79 Å². The van der Waals surface area contributed by atoms with Crippen molar-refractivity contribution >= 4 is 5.78 Å². The molecular formula is C15H17NO. The van der Waals surface area contributed by atoms with Gasteiger partial charge < -0.3 is 0 Å². The molecule has 0 aliphatic heterocycles. The van der Waals surface area contributed by atoms with E-state index in [4.69, 9.17) is 0 Å². The van der Waals surface area contributed by atoms with Gasteiger partial charge in [-0.05, 0) is 30.9 Å². The van der Waals surface area contributed by atoms with Crippen molar-refractivity contribution in [2.24, 2.45) is 5.92 Å². The van der Waals surface area contributed by atoms with Crippen molar-refractivity contribution in [3.05, 3.63) is 35.4 Å². The Hall–Kier alpha value is -1.62. The lowest BCUT2D eigenvalue weighted by molar-refractivity contribution is -0.123. The lowest BCUT2D eigenvalue weighted by Crippen LogP contribution is -2.19. The summed E-state index contributed by atoms with van der Waals surface area (Å²) in [5.41, 5.74) is 1.91. The molecule has 0 amide bonds. The molecule has 0 bridgehead atoms. The summed E-state index contributed by atoms with van der Waals surface area (Å²) in [6, 6.07) is 9.88. The van der Waals surface area contributed by atoms with Crippen LogP contribution in [-0.2, 0) is 4.79 Å². The van der Waals surface area contributed by atoms with E-state index in [9.17, 15) is 10.1 Å². The normalized spacial score (nSPS) is 17.6. The van der Waals surface area contributed by atoms with Crippen LogP contribution in [0.1, 0.15) is 42.7 Å². The maximum atomic E-state index is 12.3. The molecular weight excluding hydrogens is 210 g/mol. The van der Waals surface area contributed by atoms with Gasteiger partial charge in [0.2, 0.25) is 0 Å². The minimum atomic E-state index is -0.570. The molecule has 0 N–H and O–H groups in total. The summed E-state index contributed by atoms with van der Waals surface area (Å²) in [4.78, 5) is 12.3. The Bertz CT molecular complexity index is 452. The molecule has 1 aromatic rings. The molecule has 2 rings (SSSR count). The highest BCUT2D eigenvalue weighted by atomic mass is 16.1. The SMILES string of the molecule is Cc1ccccc1C(C#N)C(=O)C1CCCC1. The molecule has 0 radical (unpaired) electrons. The standard InChI is InChI=1S/C15H17NO/c1-11-6-2-5-9-13(11)14(10-16)15(17)12-7-3-4-8-12/h2,5-6,9,12,14H,3-4,7-8H2,1H3. The molecule has 0 aromatic heterocycles. The first kappa shape index (κ1) is 11.9. The van der Waals surface area contributed by atoms with E-state index in [-0.39, 0.29) is 11.7 Å². The maximum Gasteiger partial charge on any atom is 0.157 e. The number of nitrogens with zero attached hydrogens (tertiary/aromatic N) is 1. The third-order valence-corrected chi connectivity index (χ3v) is 3.67. The lowest BCUT2D eigenvalue weighted by Gasteiger charge is -2.15. The first-order chi connectivity index (χ1) is 8.24. The fourth-order valence-electron chi connectivity index (χ4n) is 2.64. The molecule has 88 valence electrons. The second kappa shape index (κ2) is 5.14. The summed E-state index contributed by atoms with van der Waals surface area (Å²) in [6.45, 7) is 1.96. The van der Waals surface area contributed by atoms with Crippen LogP contribution in [0.3, 0.4) is 0 Å². The third kappa shape index (κ3) is 2.39. The molecule has 2 heteroatoms. The monoisotopic (exact) mass is 227 g/mol. The van der Waals surface area contributed by atoms with Crippen LogP contribution in [-0.4, -0.2) is 5.78 Å². The number of Topliss-reactive ketones (excluding diaryl/α,β-unsaturated/α-hetero) is 1. The number of rotatable bonds is 3. The molecule has 17 heavy (non-hydrogen) atoms. The zero-order valence-electron chi connectivity index (χ0n) is 10.1. The van der Waals surface area contributed by atoms with Gasteiger partial charge in [0.25, 0.3) is 0 Å². The second-order valence-corrected chi connectivity index (χ2v) is 4.80. The Morgan fingerprint density at radius 3 is 2.59 bits per heavy atom. The first-order valence-electron chi connectivity index (χ1n) is 6.23. The van der Waals surface area contributed by atoms with Gasteiger partial charge in [-0.1, -0.05) is 37.1 Å². The second-order valence-electron chi connectivity index (χ2n) is 4.80. The fraction of sp³-hybridized carbons (Fsp3) is 0.467. The number of aryl methyl sites for hydroxylation is 1. The largest absolute Gasteiger partial charge is 0.298 e. The van der Waals surface area contributed by atoms with Crippen LogP contribution in [0.2, 0.25) is 0 Å². The van der Waals surface area contributed by atoms with Crippen LogP contribution < -0.4 is 0 Å². The predicted octanol–water partition coefficient (Wildman–Crippen LogP) is 3.36.